The van der Waals surface area contributed by atoms with E-state index in [0.717, 1.165) is 24.3 Å². The summed E-state index contributed by atoms with van der Waals surface area (Å²) in [6, 6.07) is 5.65. The van der Waals surface area contributed by atoms with Gasteiger partial charge >= 0.3 is 0 Å². The minimum atomic E-state index is 0.365. The van der Waals surface area contributed by atoms with Gasteiger partial charge in [0, 0.05) is 36.5 Å². The topological polar surface area (TPSA) is 38.5 Å². The molecule has 0 aliphatic carbocycles. The maximum absolute atomic E-state index is 6.02. The lowest BCUT2D eigenvalue weighted by Gasteiger charge is -2.28. The maximum Gasteiger partial charge on any atom is 0.106 e. The van der Waals surface area contributed by atoms with E-state index in [0.29, 0.717) is 22.5 Å². The number of rotatable bonds is 7. The number of nitrogens with zero attached hydrogens (tertiary/aromatic N) is 1. The molecule has 0 fully saturated rings. The molecule has 3 nitrogen and oxygen atoms in total. The Labute approximate surface area is 125 Å². The summed E-state index contributed by atoms with van der Waals surface area (Å²) >= 11 is 11.1. The van der Waals surface area contributed by atoms with Crippen LogP contribution in [0.3, 0.4) is 0 Å². The fraction of sp³-hybridized carbons (Fsp3) is 0.500. The van der Waals surface area contributed by atoms with Crippen molar-refractivity contribution in [2.24, 2.45) is 11.7 Å². The molecule has 2 N–H and O–H groups in total. The molecule has 106 valence electrons. The summed E-state index contributed by atoms with van der Waals surface area (Å²) < 4.78 is 5.17. The molecule has 0 heterocycles. The van der Waals surface area contributed by atoms with Crippen LogP contribution in [0.2, 0.25) is 5.02 Å². The molecule has 0 saturated carbocycles. The maximum atomic E-state index is 6.02. The fourth-order valence-corrected chi connectivity index (χ4v) is 2.27. The number of thiocarbonyl (C=S) groups is 1. The normalized spacial score (nSPS) is 10.8. The lowest BCUT2D eigenvalue weighted by atomic mass is 10.1. The number of hydrogen-bond acceptors (Lipinski definition) is 3. The van der Waals surface area contributed by atoms with Crippen molar-refractivity contribution >= 4 is 34.5 Å². The number of hydrogen-bond donors (Lipinski definition) is 1. The van der Waals surface area contributed by atoms with Crippen molar-refractivity contribution in [1.82, 2.24) is 0 Å². The zero-order valence-electron chi connectivity index (χ0n) is 11.6. The molecule has 0 atom stereocenters. The van der Waals surface area contributed by atoms with Crippen LogP contribution in [0.5, 0.6) is 0 Å². The number of anilines is 1. The highest BCUT2D eigenvalue weighted by Crippen LogP contribution is 2.25. The first-order valence-corrected chi connectivity index (χ1v) is 7.07. The summed E-state index contributed by atoms with van der Waals surface area (Å²) in [7, 11) is 1.70. The van der Waals surface area contributed by atoms with Gasteiger partial charge in [-0.3, -0.25) is 0 Å². The van der Waals surface area contributed by atoms with E-state index in [1.807, 2.05) is 18.2 Å². The van der Waals surface area contributed by atoms with E-state index in [9.17, 15) is 0 Å². The van der Waals surface area contributed by atoms with Gasteiger partial charge in [0.1, 0.15) is 4.99 Å². The van der Waals surface area contributed by atoms with E-state index in [1.54, 1.807) is 7.11 Å². The van der Waals surface area contributed by atoms with Crippen molar-refractivity contribution in [1.29, 1.82) is 0 Å². The van der Waals surface area contributed by atoms with Crippen LogP contribution >= 0.6 is 23.8 Å². The van der Waals surface area contributed by atoms with Crippen LogP contribution < -0.4 is 10.6 Å². The average molecular weight is 301 g/mol. The Morgan fingerprint density at radius 3 is 2.68 bits per heavy atom. The molecule has 0 aromatic heterocycles. The number of ether oxygens (including phenoxy) is 1. The number of benzene rings is 1. The Morgan fingerprint density at radius 2 is 2.16 bits per heavy atom. The third-order valence-electron chi connectivity index (χ3n) is 2.72. The SMILES string of the molecule is COCCN(CC(C)C)c1ccc(Cl)cc1C(N)=S. The average Bonchev–Trinajstić information content (AvgIpc) is 2.34. The molecule has 1 aromatic carbocycles. The highest BCUT2D eigenvalue weighted by atomic mass is 35.5. The quantitative estimate of drug-likeness (QED) is 0.786. The van der Waals surface area contributed by atoms with E-state index >= 15 is 0 Å². The second kappa shape index (κ2) is 7.68. The van der Waals surface area contributed by atoms with Crippen LogP contribution in [0.4, 0.5) is 5.69 Å². The second-order valence-electron chi connectivity index (χ2n) is 4.86. The molecule has 0 saturated heterocycles. The van der Waals surface area contributed by atoms with E-state index in [2.05, 4.69) is 18.7 Å². The predicted molar refractivity (Wildman–Crippen MR) is 86.3 cm³/mol. The fourth-order valence-electron chi connectivity index (χ4n) is 1.93. The van der Waals surface area contributed by atoms with Gasteiger partial charge in [0.15, 0.2) is 0 Å². The van der Waals surface area contributed by atoms with Crippen LogP contribution in [-0.2, 0) is 4.74 Å². The molecule has 1 aromatic rings. The van der Waals surface area contributed by atoms with E-state index in [1.165, 1.54) is 0 Å². The Bertz CT molecular complexity index is 437. The molecule has 19 heavy (non-hydrogen) atoms. The van der Waals surface area contributed by atoms with Crippen molar-refractivity contribution in [3.8, 4) is 0 Å². The van der Waals surface area contributed by atoms with Gasteiger partial charge in [-0.05, 0) is 24.1 Å². The zero-order chi connectivity index (χ0) is 14.4. The molecule has 1 rings (SSSR count). The summed E-state index contributed by atoms with van der Waals surface area (Å²) in [5, 5.41) is 0.641. The number of methoxy groups -OCH3 is 1. The van der Waals surface area contributed by atoms with Gasteiger partial charge in [-0.25, -0.2) is 0 Å². The summed E-state index contributed by atoms with van der Waals surface area (Å²) in [4.78, 5) is 2.60. The van der Waals surface area contributed by atoms with Crippen molar-refractivity contribution in [3.63, 3.8) is 0 Å². The minimum absolute atomic E-state index is 0.365. The van der Waals surface area contributed by atoms with Gasteiger partial charge in [0.05, 0.1) is 6.61 Å². The molecule has 0 amide bonds. The summed E-state index contributed by atoms with van der Waals surface area (Å²) in [6.07, 6.45) is 0. The van der Waals surface area contributed by atoms with Crippen LogP contribution in [0.1, 0.15) is 19.4 Å². The monoisotopic (exact) mass is 300 g/mol. The Kier molecular flexibility index (Phi) is 6.55. The standard InChI is InChI=1S/C14H21ClN2OS/c1-10(2)9-17(6-7-18-3)13-5-4-11(15)8-12(13)14(16)19/h4-5,8,10H,6-7,9H2,1-3H3,(H2,16,19). The predicted octanol–water partition coefficient (Wildman–Crippen LogP) is 3.08. The van der Waals surface area contributed by atoms with Gasteiger partial charge in [-0.1, -0.05) is 37.7 Å². The van der Waals surface area contributed by atoms with Crippen molar-refractivity contribution in [2.75, 3.05) is 31.7 Å². The van der Waals surface area contributed by atoms with Gasteiger partial charge in [0.25, 0.3) is 0 Å². The first-order valence-electron chi connectivity index (χ1n) is 6.29. The van der Waals surface area contributed by atoms with Gasteiger partial charge < -0.3 is 15.4 Å². The molecule has 0 spiro atoms. The smallest absolute Gasteiger partial charge is 0.106 e. The van der Waals surface area contributed by atoms with Gasteiger partial charge in [-0.15, -0.1) is 0 Å². The van der Waals surface area contributed by atoms with Gasteiger partial charge in [-0.2, -0.15) is 0 Å². The largest absolute Gasteiger partial charge is 0.389 e. The highest BCUT2D eigenvalue weighted by molar-refractivity contribution is 7.80. The second-order valence-corrected chi connectivity index (χ2v) is 5.73. The molecular weight excluding hydrogens is 280 g/mol. The molecule has 0 bridgehead atoms. The lowest BCUT2D eigenvalue weighted by molar-refractivity contribution is 0.204. The van der Waals surface area contributed by atoms with Crippen LogP contribution in [0.15, 0.2) is 18.2 Å². The van der Waals surface area contributed by atoms with E-state index in [4.69, 9.17) is 34.3 Å². The van der Waals surface area contributed by atoms with Crippen LogP contribution in [-0.4, -0.2) is 31.8 Å². The van der Waals surface area contributed by atoms with Crippen LogP contribution in [0, 0.1) is 5.92 Å². The molecule has 5 heteroatoms. The zero-order valence-corrected chi connectivity index (χ0v) is 13.2. The third-order valence-corrected chi connectivity index (χ3v) is 3.17. The van der Waals surface area contributed by atoms with Gasteiger partial charge in [0.2, 0.25) is 0 Å². The van der Waals surface area contributed by atoms with E-state index < -0.39 is 0 Å². The lowest BCUT2D eigenvalue weighted by Crippen LogP contribution is -2.32. The Hall–Kier alpha value is -0.840. The van der Waals surface area contributed by atoms with Crippen molar-refractivity contribution in [3.05, 3.63) is 28.8 Å². The summed E-state index contributed by atoms with van der Waals surface area (Å²) in [5.41, 5.74) is 7.63. The minimum Gasteiger partial charge on any atom is -0.389 e. The first kappa shape index (κ1) is 16.2. The van der Waals surface area contributed by atoms with Crippen molar-refractivity contribution in [2.45, 2.75) is 13.8 Å². The third kappa shape index (κ3) is 4.97. The Balaban J connectivity index is 3.09. The molecule has 0 aliphatic rings. The first-order chi connectivity index (χ1) is 8.95. The number of nitrogens with two attached hydrogens (primary N) is 1. The van der Waals surface area contributed by atoms with E-state index in [-0.39, 0.29) is 0 Å². The molecule has 0 aliphatic heterocycles. The van der Waals surface area contributed by atoms with Crippen LogP contribution in [0.25, 0.3) is 0 Å². The Morgan fingerprint density at radius 1 is 1.47 bits per heavy atom. The summed E-state index contributed by atoms with van der Waals surface area (Å²) in [5.74, 6) is 0.534. The number of halogens is 1. The summed E-state index contributed by atoms with van der Waals surface area (Å²) in [6.45, 7) is 6.73. The molecule has 0 unspecified atom stereocenters. The molecular formula is C14H21ClN2OS. The molecule has 0 radical (unpaired) electrons. The highest BCUT2D eigenvalue weighted by Gasteiger charge is 2.14. The van der Waals surface area contributed by atoms with Crippen molar-refractivity contribution < 1.29 is 4.74 Å².